The molecule has 1 aliphatic heterocycles. The van der Waals surface area contributed by atoms with Crippen LogP contribution < -0.4 is 25.4 Å². The number of aromatic nitrogens is 4. The van der Waals surface area contributed by atoms with Crippen molar-refractivity contribution in [3.8, 4) is 11.5 Å². The molecule has 0 saturated carbocycles. The second kappa shape index (κ2) is 18.3. The number of pyridine rings is 1. The Kier molecular flexibility index (Phi) is 13.9. The Labute approximate surface area is 287 Å². The number of rotatable bonds is 6. The van der Waals surface area contributed by atoms with Gasteiger partial charge in [0.2, 0.25) is 11.8 Å². The number of aliphatic hydroxyl groups excluding tert-OH is 1. The van der Waals surface area contributed by atoms with Gasteiger partial charge in [0.15, 0.2) is 11.5 Å². The van der Waals surface area contributed by atoms with E-state index >= 15 is 0 Å². The molecule has 3 atom stereocenters. The molecule has 14 heteroatoms. The fourth-order valence-electron chi connectivity index (χ4n) is 5.62. The lowest BCUT2D eigenvalue weighted by Crippen LogP contribution is -2.57. The maximum Gasteiger partial charge on any atom is 0.252 e. The number of benzene rings is 1. The average Bonchev–Trinajstić information content (AvgIpc) is 3.52. The number of aliphatic hydroxyl groups is 1. The van der Waals surface area contributed by atoms with Crippen LogP contribution in [0.2, 0.25) is 0 Å². The van der Waals surface area contributed by atoms with E-state index in [-0.39, 0.29) is 18.1 Å². The zero-order valence-electron chi connectivity index (χ0n) is 29.1. The minimum Gasteiger partial charge on any atom is -0.493 e. The summed E-state index contributed by atoms with van der Waals surface area (Å²) in [7, 11) is 1.51. The normalized spacial score (nSPS) is 19.9. The molecule has 4 rings (SSSR count). The summed E-state index contributed by atoms with van der Waals surface area (Å²) in [6.45, 7) is 10.7. The van der Waals surface area contributed by atoms with Crippen molar-refractivity contribution in [2.24, 2.45) is 5.92 Å². The number of fused-ring (bicyclic) bond motifs is 4. The molecular weight excluding hydrogens is 628 g/mol. The van der Waals surface area contributed by atoms with Crippen molar-refractivity contribution in [2.75, 3.05) is 26.7 Å². The van der Waals surface area contributed by atoms with Crippen molar-refractivity contribution in [3.05, 3.63) is 65.2 Å². The number of methoxy groups -OCH3 is 1. The van der Waals surface area contributed by atoms with E-state index in [1.165, 1.54) is 14.0 Å². The van der Waals surface area contributed by atoms with E-state index in [2.05, 4.69) is 36.1 Å². The first-order valence-corrected chi connectivity index (χ1v) is 16.9. The van der Waals surface area contributed by atoms with Crippen molar-refractivity contribution < 1.29 is 29.0 Å². The van der Waals surface area contributed by atoms with E-state index in [1.54, 1.807) is 22.9 Å². The first-order valence-electron chi connectivity index (χ1n) is 16.9. The lowest BCUT2D eigenvalue weighted by Gasteiger charge is -2.26. The molecule has 3 aromatic rings. The lowest BCUT2D eigenvalue weighted by atomic mass is 10.0. The Morgan fingerprint density at radius 1 is 1.02 bits per heavy atom. The van der Waals surface area contributed by atoms with Crippen LogP contribution in [0.15, 0.2) is 42.6 Å². The van der Waals surface area contributed by atoms with Crippen molar-refractivity contribution in [3.63, 3.8) is 0 Å². The van der Waals surface area contributed by atoms with Gasteiger partial charge in [-0.3, -0.25) is 28.9 Å². The van der Waals surface area contributed by atoms with Gasteiger partial charge in [-0.15, -0.1) is 5.10 Å². The van der Waals surface area contributed by atoms with E-state index in [0.29, 0.717) is 49.7 Å². The summed E-state index contributed by atoms with van der Waals surface area (Å²) < 4.78 is 13.3. The molecule has 0 aliphatic carbocycles. The van der Waals surface area contributed by atoms with Crippen molar-refractivity contribution in [1.29, 1.82) is 0 Å². The molecule has 0 radical (unpaired) electrons. The Bertz CT molecular complexity index is 1540. The molecule has 4 N–H and O–H groups in total. The van der Waals surface area contributed by atoms with Gasteiger partial charge in [-0.2, -0.15) is 0 Å². The van der Waals surface area contributed by atoms with E-state index in [0.717, 1.165) is 37.3 Å². The molecule has 4 bridgehead atoms. The third kappa shape index (κ3) is 11.5. The quantitative estimate of drug-likeness (QED) is 0.303. The molecule has 0 fully saturated rings. The number of hydrogen-bond donors (Lipinski definition) is 4. The smallest absolute Gasteiger partial charge is 0.252 e. The number of ether oxygens (including phenoxy) is 2. The van der Waals surface area contributed by atoms with Crippen molar-refractivity contribution >= 4 is 17.7 Å². The predicted octanol–water partition coefficient (Wildman–Crippen LogP) is 2.38. The van der Waals surface area contributed by atoms with Crippen molar-refractivity contribution in [2.45, 2.75) is 91.3 Å². The molecule has 1 aromatic carbocycles. The van der Waals surface area contributed by atoms with Gasteiger partial charge in [-0.1, -0.05) is 25.1 Å². The Balaban J connectivity index is 1.56. The second-order valence-corrected chi connectivity index (χ2v) is 12.9. The number of amides is 3. The predicted molar refractivity (Wildman–Crippen MR) is 183 cm³/mol. The number of nitrogens with one attached hydrogen (secondary N) is 3. The number of carbonyl (C=O) groups excluding carboxylic acids is 3. The average molecular weight is 679 g/mol. The third-order valence-corrected chi connectivity index (χ3v) is 8.17. The van der Waals surface area contributed by atoms with E-state index in [1.807, 2.05) is 45.2 Å². The zero-order chi connectivity index (χ0) is 35.3. The van der Waals surface area contributed by atoms with Gasteiger partial charge in [0.25, 0.3) is 5.91 Å². The summed E-state index contributed by atoms with van der Waals surface area (Å²) in [6.07, 6.45) is 3.34. The first-order chi connectivity index (χ1) is 23.5. The van der Waals surface area contributed by atoms with Gasteiger partial charge in [0, 0.05) is 37.4 Å². The fourth-order valence-corrected chi connectivity index (χ4v) is 5.62. The topological polar surface area (TPSA) is 173 Å². The standard InChI is InChI=1S/C35H50N8O6/c1-23(2)18-29-34(46)39-32(25(4)44)35(47)36-14-6-7-15-42(20-27-11-8-10-24(3)37-27)16-9-17-43-21-28(40-41-43)22-49-31-19-26(33(45)38-29)12-13-30(31)48-5/h8,10-13,19,21,23,25,29,32,44H,6-7,9,14-18,20,22H2,1-5H3,(H,36,47)(H,38,45)(H,39,46)/t25-,29-,32+/m1/s1. The summed E-state index contributed by atoms with van der Waals surface area (Å²) in [5, 5.41) is 27.3. The Morgan fingerprint density at radius 3 is 2.55 bits per heavy atom. The molecule has 0 saturated heterocycles. The summed E-state index contributed by atoms with van der Waals surface area (Å²) in [6, 6.07) is 8.61. The minimum absolute atomic E-state index is 0.0474. The van der Waals surface area contributed by atoms with Gasteiger partial charge in [-0.25, -0.2) is 0 Å². The van der Waals surface area contributed by atoms with Crippen LogP contribution in [0.4, 0.5) is 0 Å². The highest BCUT2D eigenvalue weighted by atomic mass is 16.5. The van der Waals surface area contributed by atoms with Crippen LogP contribution in [0.1, 0.15) is 73.9 Å². The fraction of sp³-hybridized carbons (Fsp3) is 0.543. The molecule has 0 spiro atoms. The van der Waals surface area contributed by atoms with Crippen LogP contribution in [-0.2, 0) is 29.3 Å². The van der Waals surface area contributed by atoms with Gasteiger partial charge in [-0.05, 0) is 82.3 Å². The van der Waals surface area contributed by atoms with Gasteiger partial charge in [0.1, 0.15) is 24.4 Å². The molecule has 0 unspecified atom stereocenters. The highest BCUT2D eigenvalue weighted by Crippen LogP contribution is 2.29. The number of hydrogen-bond acceptors (Lipinski definition) is 10. The molecule has 3 heterocycles. The van der Waals surface area contributed by atoms with Crippen LogP contribution in [-0.4, -0.2) is 92.6 Å². The molecule has 2 aromatic heterocycles. The maximum absolute atomic E-state index is 13.5. The molecule has 1 aliphatic rings. The van der Waals surface area contributed by atoms with E-state index in [9.17, 15) is 19.5 Å². The van der Waals surface area contributed by atoms with Crippen LogP contribution in [0.3, 0.4) is 0 Å². The van der Waals surface area contributed by atoms with E-state index < -0.39 is 35.9 Å². The zero-order valence-corrected chi connectivity index (χ0v) is 29.1. The highest BCUT2D eigenvalue weighted by molar-refractivity contribution is 5.99. The van der Waals surface area contributed by atoms with Gasteiger partial charge < -0.3 is 30.5 Å². The summed E-state index contributed by atoms with van der Waals surface area (Å²) in [4.78, 5) is 47.0. The maximum atomic E-state index is 13.5. The second-order valence-electron chi connectivity index (χ2n) is 12.9. The summed E-state index contributed by atoms with van der Waals surface area (Å²) >= 11 is 0. The number of nitrogens with zero attached hydrogens (tertiary/aromatic N) is 5. The molecule has 14 nitrogen and oxygen atoms in total. The lowest BCUT2D eigenvalue weighted by molar-refractivity contribution is -0.132. The van der Waals surface area contributed by atoms with Crippen LogP contribution >= 0.6 is 0 Å². The SMILES string of the molecule is COc1ccc2cc1OCc1cn(nn1)CCCN(Cc1cccc(C)n1)CCCCNC(=O)[C@H]([C@@H](C)O)NC(=O)[C@@H](CC(C)C)NC2=O. The monoisotopic (exact) mass is 678 g/mol. The van der Waals surface area contributed by atoms with Crippen LogP contribution in [0, 0.1) is 12.8 Å². The number of carbonyl (C=O) groups is 3. The van der Waals surface area contributed by atoms with Gasteiger partial charge >= 0.3 is 0 Å². The van der Waals surface area contributed by atoms with Crippen LogP contribution in [0.5, 0.6) is 11.5 Å². The van der Waals surface area contributed by atoms with Gasteiger partial charge in [0.05, 0.1) is 25.1 Å². The van der Waals surface area contributed by atoms with E-state index in [4.69, 9.17) is 9.47 Å². The third-order valence-electron chi connectivity index (χ3n) is 8.17. The summed E-state index contributed by atoms with van der Waals surface area (Å²) in [5.41, 5.74) is 2.83. The minimum atomic E-state index is -1.19. The molecular formula is C35H50N8O6. The first kappa shape index (κ1) is 37.3. The Morgan fingerprint density at radius 2 is 1.82 bits per heavy atom. The molecule has 49 heavy (non-hydrogen) atoms. The number of aryl methyl sites for hydroxylation is 2. The Hall–Kier alpha value is -4.56. The largest absolute Gasteiger partial charge is 0.493 e. The highest BCUT2D eigenvalue weighted by Gasteiger charge is 2.30. The molecule has 3 amide bonds. The van der Waals surface area contributed by atoms with Crippen LogP contribution in [0.25, 0.3) is 0 Å². The molecule has 266 valence electrons. The summed E-state index contributed by atoms with van der Waals surface area (Å²) in [5.74, 6) is -0.750. The van der Waals surface area contributed by atoms with Crippen molar-refractivity contribution in [1.82, 2.24) is 40.8 Å².